The zero-order chi connectivity index (χ0) is 18.9. The maximum atomic E-state index is 11.8. The summed E-state index contributed by atoms with van der Waals surface area (Å²) in [5.41, 5.74) is 3.16. The number of sulfone groups is 1. The Balaban J connectivity index is 2.05. The van der Waals surface area contributed by atoms with Crippen LogP contribution in [-0.2, 0) is 16.3 Å². The third-order valence-electron chi connectivity index (χ3n) is 5.84. The molecule has 0 aromatic heterocycles. The van der Waals surface area contributed by atoms with Crippen LogP contribution in [0.2, 0.25) is 0 Å². The molecule has 3 heteroatoms. The molecule has 2 nitrogen and oxygen atoms in total. The van der Waals surface area contributed by atoms with Crippen LogP contribution in [0.25, 0.3) is 0 Å². The number of hydrogen-bond acceptors (Lipinski definition) is 2. The van der Waals surface area contributed by atoms with Crippen molar-refractivity contribution in [1.29, 1.82) is 0 Å². The minimum absolute atomic E-state index is 0.0246. The first kappa shape index (κ1) is 20.5. The summed E-state index contributed by atoms with van der Waals surface area (Å²) in [6, 6.07) is 8.95. The van der Waals surface area contributed by atoms with Crippen molar-refractivity contribution in [2.45, 2.75) is 73.1 Å². The summed E-state index contributed by atoms with van der Waals surface area (Å²) in [5.74, 6) is 1.57. The molecule has 1 aromatic rings. The summed E-state index contributed by atoms with van der Waals surface area (Å²) >= 11 is 0. The van der Waals surface area contributed by atoms with Gasteiger partial charge in [-0.2, -0.15) is 0 Å². The Morgan fingerprint density at radius 2 is 1.84 bits per heavy atom. The van der Waals surface area contributed by atoms with Gasteiger partial charge in [-0.3, -0.25) is 0 Å². The Bertz CT molecular complexity index is 680. The normalized spacial score (nSPS) is 22.1. The van der Waals surface area contributed by atoms with E-state index in [1.807, 2.05) is 0 Å². The Labute approximate surface area is 155 Å². The van der Waals surface area contributed by atoms with Crippen molar-refractivity contribution in [3.05, 3.63) is 35.4 Å². The van der Waals surface area contributed by atoms with Crippen LogP contribution in [0.1, 0.15) is 77.8 Å². The molecule has 25 heavy (non-hydrogen) atoms. The van der Waals surface area contributed by atoms with E-state index in [-0.39, 0.29) is 11.3 Å². The maximum Gasteiger partial charge on any atom is 0.150 e. The van der Waals surface area contributed by atoms with Gasteiger partial charge in [0.25, 0.3) is 0 Å². The van der Waals surface area contributed by atoms with Gasteiger partial charge in [0.05, 0.1) is 11.5 Å². The molecule has 1 aromatic carbocycles. The van der Waals surface area contributed by atoms with Gasteiger partial charge in [-0.15, -0.1) is 0 Å². The summed E-state index contributed by atoms with van der Waals surface area (Å²) in [6.07, 6.45) is 4.20. The van der Waals surface area contributed by atoms with Crippen molar-refractivity contribution in [1.82, 2.24) is 0 Å². The summed E-state index contributed by atoms with van der Waals surface area (Å²) in [7, 11) is -2.81. The molecule has 1 aliphatic rings. The molecule has 142 valence electrons. The van der Waals surface area contributed by atoms with E-state index in [1.165, 1.54) is 24.0 Å². The van der Waals surface area contributed by atoms with Crippen molar-refractivity contribution in [3.8, 4) is 0 Å². The number of benzene rings is 1. The lowest BCUT2D eigenvalue weighted by atomic mass is 9.74. The summed E-state index contributed by atoms with van der Waals surface area (Å²) in [5, 5.41) is 0. The third kappa shape index (κ3) is 6.13. The number of rotatable bonds is 6. The topological polar surface area (TPSA) is 34.1 Å². The Hall–Kier alpha value is -0.830. The van der Waals surface area contributed by atoms with Gasteiger partial charge in [-0.05, 0) is 59.5 Å². The molecular formula is C22H36O2S. The molecule has 0 bridgehead atoms. The fourth-order valence-corrected chi connectivity index (χ4v) is 5.95. The van der Waals surface area contributed by atoms with Gasteiger partial charge in [0.15, 0.2) is 9.84 Å². The maximum absolute atomic E-state index is 11.8. The molecule has 0 N–H and O–H groups in total. The first-order valence-electron chi connectivity index (χ1n) is 9.67. The summed E-state index contributed by atoms with van der Waals surface area (Å²) in [4.78, 5) is 0. The standard InChI is InChI=1S/C22H36O2S/c1-17(10-12-21(2,3)4)19-9-7-8-18(14-19)15-22(5,6)20-11-13-25(23,24)16-20/h7-9,14,17,20H,10-13,15-16H2,1-6H3. The average molecular weight is 365 g/mol. The fourth-order valence-electron chi connectivity index (χ4n) is 3.91. The molecule has 0 amide bonds. The van der Waals surface area contributed by atoms with Gasteiger partial charge in [-0.1, -0.05) is 65.8 Å². The predicted octanol–water partition coefficient (Wildman–Crippen LogP) is 5.62. The summed E-state index contributed by atoms with van der Waals surface area (Å²) in [6.45, 7) is 13.7. The van der Waals surface area contributed by atoms with Crippen LogP contribution in [0.3, 0.4) is 0 Å². The molecule has 2 atom stereocenters. The van der Waals surface area contributed by atoms with Crippen molar-refractivity contribution in [3.63, 3.8) is 0 Å². The van der Waals surface area contributed by atoms with Gasteiger partial charge in [0.2, 0.25) is 0 Å². The molecule has 0 saturated carbocycles. The molecule has 2 rings (SSSR count). The first-order chi connectivity index (χ1) is 11.4. The van der Waals surface area contributed by atoms with Crippen LogP contribution in [0.5, 0.6) is 0 Å². The van der Waals surface area contributed by atoms with E-state index in [2.05, 4.69) is 65.8 Å². The minimum atomic E-state index is -2.81. The van der Waals surface area contributed by atoms with Crippen molar-refractivity contribution >= 4 is 9.84 Å². The van der Waals surface area contributed by atoms with Gasteiger partial charge in [0, 0.05) is 0 Å². The quantitative estimate of drug-likeness (QED) is 0.656. The van der Waals surface area contributed by atoms with E-state index < -0.39 is 9.84 Å². The van der Waals surface area contributed by atoms with Gasteiger partial charge in [0.1, 0.15) is 0 Å². The van der Waals surface area contributed by atoms with Crippen LogP contribution >= 0.6 is 0 Å². The highest BCUT2D eigenvalue weighted by atomic mass is 32.2. The third-order valence-corrected chi connectivity index (χ3v) is 7.61. The smallest absolute Gasteiger partial charge is 0.150 e. The highest BCUT2D eigenvalue weighted by Gasteiger charge is 2.38. The van der Waals surface area contributed by atoms with Gasteiger partial charge in [-0.25, -0.2) is 8.42 Å². The second-order valence-corrected chi connectivity index (χ2v) is 12.2. The first-order valence-corrected chi connectivity index (χ1v) is 11.5. The second-order valence-electron chi connectivity index (χ2n) is 10.0. The van der Waals surface area contributed by atoms with Crippen LogP contribution in [0.4, 0.5) is 0 Å². The lowest BCUT2D eigenvalue weighted by Gasteiger charge is -2.31. The molecular weight excluding hydrogens is 328 g/mol. The zero-order valence-corrected chi connectivity index (χ0v) is 17.7. The molecule has 0 spiro atoms. The Kier molecular flexibility index (Phi) is 6.08. The van der Waals surface area contributed by atoms with Crippen molar-refractivity contribution < 1.29 is 8.42 Å². The largest absolute Gasteiger partial charge is 0.229 e. The van der Waals surface area contributed by atoms with Gasteiger partial charge < -0.3 is 0 Å². The number of hydrogen-bond donors (Lipinski definition) is 0. The molecule has 2 unspecified atom stereocenters. The van der Waals surface area contributed by atoms with E-state index in [1.54, 1.807) is 0 Å². The van der Waals surface area contributed by atoms with E-state index in [0.717, 1.165) is 12.8 Å². The second kappa shape index (κ2) is 7.42. The van der Waals surface area contributed by atoms with Crippen molar-refractivity contribution in [2.75, 3.05) is 11.5 Å². The predicted molar refractivity (Wildman–Crippen MR) is 108 cm³/mol. The zero-order valence-electron chi connectivity index (χ0n) is 16.9. The molecule has 0 aliphatic carbocycles. The molecule has 1 heterocycles. The molecule has 0 radical (unpaired) electrons. The highest BCUT2D eigenvalue weighted by molar-refractivity contribution is 7.91. The summed E-state index contributed by atoms with van der Waals surface area (Å²) < 4.78 is 23.7. The molecule has 1 saturated heterocycles. The van der Waals surface area contributed by atoms with Crippen LogP contribution in [0, 0.1) is 16.7 Å². The Morgan fingerprint density at radius 1 is 1.16 bits per heavy atom. The van der Waals surface area contributed by atoms with Crippen LogP contribution < -0.4 is 0 Å². The molecule has 1 fully saturated rings. The fraction of sp³-hybridized carbons (Fsp3) is 0.727. The van der Waals surface area contributed by atoms with Gasteiger partial charge >= 0.3 is 0 Å². The SMILES string of the molecule is CC(CCC(C)(C)C)c1cccc(CC(C)(C)C2CCS(=O)(=O)C2)c1. The van der Waals surface area contributed by atoms with E-state index in [9.17, 15) is 8.42 Å². The van der Waals surface area contributed by atoms with Crippen molar-refractivity contribution in [2.24, 2.45) is 16.7 Å². The highest BCUT2D eigenvalue weighted by Crippen LogP contribution is 2.38. The minimum Gasteiger partial charge on any atom is -0.229 e. The lowest BCUT2D eigenvalue weighted by molar-refractivity contribution is 0.234. The van der Waals surface area contributed by atoms with E-state index >= 15 is 0 Å². The average Bonchev–Trinajstić information content (AvgIpc) is 2.85. The molecule has 1 aliphatic heterocycles. The van der Waals surface area contributed by atoms with E-state index in [0.29, 0.717) is 22.8 Å². The van der Waals surface area contributed by atoms with Crippen LogP contribution in [0.15, 0.2) is 24.3 Å². The van der Waals surface area contributed by atoms with Crippen LogP contribution in [-0.4, -0.2) is 19.9 Å². The monoisotopic (exact) mass is 364 g/mol. The Morgan fingerprint density at radius 3 is 2.40 bits per heavy atom. The lowest BCUT2D eigenvalue weighted by Crippen LogP contribution is -2.27. The van der Waals surface area contributed by atoms with E-state index in [4.69, 9.17) is 0 Å².